The molecule has 79 heavy (non-hydrogen) atoms. The molecule has 0 aromatic heterocycles. The van der Waals surface area contributed by atoms with Crippen molar-refractivity contribution in [3.63, 3.8) is 0 Å². The maximum atomic E-state index is 10.7. The van der Waals surface area contributed by atoms with E-state index in [2.05, 4.69) is 0 Å². The molecule has 9 rings (SSSR count). The predicted molar refractivity (Wildman–Crippen MR) is 295 cm³/mol. The van der Waals surface area contributed by atoms with Crippen LogP contribution >= 0.6 is 0 Å². The topological polar surface area (TPSA) is 273 Å². The van der Waals surface area contributed by atoms with Crippen LogP contribution < -0.4 is 30.6 Å². The fourth-order valence-electron chi connectivity index (χ4n) is 8.74. The SMILES string of the molecule is C.O=[N+]([O-])CC1OB(O)c2c(OCCCOCc3ccccc3)cccc21.O=[N+]([O-])C[C@@H]1OB(O)c2c(OCCCOCc3ccccc3)cccc21.O=[N+]([O-])C[C@H]1OB(O)c2c(OCCCOCc3ccccc3)cccc21. The minimum atomic E-state index is -1.21. The third kappa shape index (κ3) is 18.7. The molecule has 1 unspecified atom stereocenters. The van der Waals surface area contributed by atoms with E-state index in [0.717, 1.165) is 16.7 Å². The van der Waals surface area contributed by atoms with Gasteiger partial charge in [0.15, 0.2) is 0 Å². The fraction of sp³-hybridized carbons (Fsp3) is 0.345. The molecule has 24 heteroatoms. The Morgan fingerprint density at radius 3 is 0.911 bits per heavy atom. The molecule has 416 valence electrons. The minimum absolute atomic E-state index is 0. The first-order valence-electron chi connectivity index (χ1n) is 25.4. The van der Waals surface area contributed by atoms with Gasteiger partial charge < -0.3 is 57.5 Å². The highest BCUT2D eigenvalue weighted by molar-refractivity contribution is 6.63. The molecule has 6 aromatic carbocycles. The van der Waals surface area contributed by atoms with Crippen molar-refractivity contribution < 1.29 is 72.2 Å². The van der Waals surface area contributed by atoms with Crippen LogP contribution in [-0.4, -0.2) is 110 Å². The summed E-state index contributed by atoms with van der Waals surface area (Å²) in [6, 6.07) is 45.3. The monoisotopic (exact) mass is 1090 g/mol. The van der Waals surface area contributed by atoms with Crippen LogP contribution in [0.15, 0.2) is 146 Å². The number of rotatable bonds is 27. The average Bonchev–Trinajstić information content (AvgIpc) is 4.13. The molecule has 0 saturated carbocycles. The molecule has 0 bridgehead atoms. The number of nitrogens with zero attached hydrogens (tertiary/aromatic N) is 3. The predicted octanol–water partition coefficient (Wildman–Crippen LogP) is 5.76. The Hall–Kier alpha value is -7.25. The van der Waals surface area contributed by atoms with Crippen LogP contribution in [0.25, 0.3) is 0 Å². The first kappa shape index (κ1) is 61.0. The van der Waals surface area contributed by atoms with Crippen LogP contribution in [0.1, 0.15) is 78.4 Å². The lowest BCUT2D eigenvalue weighted by Gasteiger charge is -2.11. The zero-order chi connectivity index (χ0) is 55.1. The van der Waals surface area contributed by atoms with Crippen molar-refractivity contribution in [3.05, 3.63) is 209 Å². The molecule has 3 aliphatic rings. The highest BCUT2D eigenvalue weighted by atomic mass is 16.6. The van der Waals surface area contributed by atoms with Crippen LogP contribution in [0.4, 0.5) is 0 Å². The lowest BCUT2D eigenvalue weighted by Crippen LogP contribution is -2.30. The second-order valence-corrected chi connectivity index (χ2v) is 18.0. The third-order valence-electron chi connectivity index (χ3n) is 12.3. The number of fused-ring (bicyclic) bond motifs is 3. The fourth-order valence-corrected chi connectivity index (χ4v) is 8.74. The van der Waals surface area contributed by atoms with Crippen molar-refractivity contribution in [1.82, 2.24) is 0 Å². The van der Waals surface area contributed by atoms with Gasteiger partial charge in [0.25, 0.3) is 0 Å². The summed E-state index contributed by atoms with van der Waals surface area (Å²) in [5.41, 5.74) is 6.59. The van der Waals surface area contributed by atoms with E-state index in [1.54, 1.807) is 54.6 Å². The average molecular weight is 1090 g/mol. The van der Waals surface area contributed by atoms with Gasteiger partial charge in [-0.25, -0.2) is 0 Å². The van der Waals surface area contributed by atoms with Gasteiger partial charge in [0, 0.05) is 50.4 Å². The van der Waals surface area contributed by atoms with E-state index in [4.69, 9.17) is 42.4 Å². The molecule has 0 radical (unpaired) electrons. The van der Waals surface area contributed by atoms with Gasteiger partial charge >= 0.3 is 21.4 Å². The minimum Gasteiger partial charge on any atom is -0.494 e. The largest absolute Gasteiger partial charge is 0.496 e. The molecule has 0 spiro atoms. The number of ether oxygens (including phenoxy) is 6. The molecule has 0 saturated heterocycles. The van der Waals surface area contributed by atoms with Gasteiger partial charge in [-0.15, -0.1) is 0 Å². The van der Waals surface area contributed by atoms with Crippen LogP contribution in [0.5, 0.6) is 17.2 Å². The van der Waals surface area contributed by atoms with Gasteiger partial charge in [0.2, 0.25) is 19.6 Å². The highest BCUT2D eigenvalue weighted by Crippen LogP contribution is 2.30. The number of benzene rings is 6. The van der Waals surface area contributed by atoms with E-state index in [1.807, 2.05) is 91.0 Å². The Balaban J connectivity index is 0.000000190. The van der Waals surface area contributed by atoms with Crippen molar-refractivity contribution in [2.24, 2.45) is 0 Å². The standard InChI is InChI=1S/3C18H20BNO6.CH4/c3*21-19-18-15(17(26-19)12-20(22)23)8-4-9-16(18)25-11-5-10-24-13-14-6-2-1-3-7-14;/h3*1-4,6-9,17,21H,5,10-13H2;1H4/t2*17-;;/m10../s1. The number of hydrogen-bond donors (Lipinski definition) is 3. The lowest BCUT2D eigenvalue weighted by molar-refractivity contribution is -0.490. The van der Waals surface area contributed by atoms with E-state index < -0.39 is 54.4 Å². The Morgan fingerprint density at radius 2 is 0.658 bits per heavy atom. The highest BCUT2D eigenvalue weighted by Gasteiger charge is 2.42. The van der Waals surface area contributed by atoms with E-state index in [9.17, 15) is 45.4 Å². The van der Waals surface area contributed by atoms with Crippen molar-refractivity contribution in [3.8, 4) is 17.2 Å². The van der Waals surface area contributed by atoms with Gasteiger partial charge in [-0.1, -0.05) is 135 Å². The molecule has 0 fully saturated rings. The summed E-state index contributed by atoms with van der Waals surface area (Å²) in [5, 5.41) is 62.4. The van der Waals surface area contributed by atoms with Crippen molar-refractivity contribution in [2.45, 2.75) is 64.8 Å². The Labute approximate surface area is 459 Å². The summed E-state index contributed by atoms with van der Waals surface area (Å²) in [6.45, 7) is 3.38. The van der Waals surface area contributed by atoms with Gasteiger partial charge in [-0.2, -0.15) is 0 Å². The summed E-state index contributed by atoms with van der Waals surface area (Å²) >= 11 is 0. The maximum Gasteiger partial charge on any atom is 0.496 e. The summed E-state index contributed by atoms with van der Waals surface area (Å²) in [4.78, 5) is 30.8. The zero-order valence-electron chi connectivity index (χ0n) is 42.7. The second-order valence-electron chi connectivity index (χ2n) is 18.0. The van der Waals surface area contributed by atoms with E-state index in [-0.39, 0.29) is 27.1 Å². The molecular weight excluding hydrogens is 1020 g/mol. The molecule has 6 aromatic rings. The Morgan fingerprint density at radius 1 is 0.392 bits per heavy atom. The Bertz CT molecular complexity index is 2530. The van der Waals surface area contributed by atoms with Gasteiger partial charge in [0.1, 0.15) is 35.6 Å². The van der Waals surface area contributed by atoms with Crippen molar-refractivity contribution in [2.75, 3.05) is 59.3 Å². The van der Waals surface area contributed by atoms with Crippen molar-refractivity contribution >= 4 is 37.7 Å². The molecule has 3 heterocycles. The first-order chi connectivity index (χ1) is 37.9. The summed E-state index contributed by atoms with van der Waals surface area (Å²) in [6.07, 6.45) is -0.211. The van der Waals surface area contributed by atoms with Crippen LogP contribution in [-0.2, 0) is 48.0 Å². The van der Waals surface area contributed by atoms with Crippen molar-refractivity contribution in [1.29, 1.82) is 0 Å². The van der Waals surface area contributed by atoms with Crippen LogP contribution in [0, 0.1) is 30.3 Å². The van der Waals surface area contributed by atoms with Gasteiger partial charge in [0.05, 0.1) is 59.5 Å². The normalized spacial score (nSPS) is 15.5. The molecule has 0 aliphatic carbocycles. The number of hydrogen-bond acceptors (Lipinski definition) is 18. The Kier molecular flexibility index (Phi) is 24.7. The maximum absolute atomic E-state index is 10.7. The zero-order valence-corrected chi connectivity index (χ0v) is 42.7. The molecule has 0 amide bonds. The van der Waals surface area contributed by atoms with Crippen LogP contribution in [0.3, 0.4) is 0 Å². The first-order valence-corrected chi connectivity index (χ1v) is 25.4. The molecule has 3 atom stereocenters. The summed E-state index contributed by atoms with van der Waals surface area (Å²) in [5.74, 6) is 1.47. The third-order valence-corrected chi connectivity index (χ3v) is 12.3. The summed E-state index contributed by atoms with van der Waals surface area (Å²) < 4.78 is 49.9. The van der Waals surface area contributed by atoms with Gasteiger partial charge in [-0.3, -0.25) is 30.3 Å². The summed E-state index contributed by atoms with van der Waals surface area (Å²) in [7, 11) is -3.62. The van der Waals surface area contributed by atoms with E-state index in [0.29, 0.717) is 129 Å². The molecule has 3 aliphatic heterocycles. The smallest absolute Gasteiger partial charge is 0.494 e. The van der Waals surface area contributed by atoms with E-state index >= 15 is 0 Å². The van der Waals surface area contributed by atoms with E-state index in [1.165, 1.54) is 0 Å². The van der Waals surface area contributed by atoms with Gasteiger partial charge in [-0.05, 0) is 51.6 Å². The number of nitro groups is 3. The molecule has 21 nitrogen and oxygen atoms in total. The quantitative estimate of drug-likeness (QED) is 0.0239. The van der Waals surface area contributed by atoms with Crippen LogP contribution in [0.2, 0.25) is 0 Å². The molecule has 3 N–H and O–H groups in total. The second kappa shape index (κ2) is 32.0. The lowest BCUT2D eigenvalue weighted by atomic mass is 9.78. The molecular formula is C55H64B3N3O18.